The van der Waals surface area contributed by atoms with Gasteiger partial charge in [-0.2, -0.15) is 0 Å². The van der Waals surface area contributed by atoms with Gasteiger partial charge in [-0.15, -0.1) is 0 Å². The van der Waals surface area contributed by atoms with Gasteiger partial charge >= 0.3 is 6.03 Å². The number of nitrogens with zero attached hydrogens (tertiary/aromatic N) is 3. The van der Waals surface area contributed by atoms with E-state index < -0.39 is 17.5 Å². The quantitative estimate of drug-likeness (QED) is 0.929. The van der Waals surface area contributed by atoms with Crippen molar-refractivity contribution in [3.8, 4) is 0 Å². The van der Waals surface area contributed by atoms with Gasteiger partial charge < -0.3 is 10.6 Å². The van der Waals surface area contributed by atoms with Crippen molar-refractivity contribution in [3.05, 3.63) is 59.3 Å². The molecule has 2 N–H and O–H groups in total. The number of anilines is 1. The maximum atomic E-state index is 13.3. The van der Waals surface area contributed by atoms with Gasteiger partial charge in [0.15, 0.2) is 11.6 Å². The van der Waals surface area contributed by atoms with E-state index in [1.807, 2.05) is 0 Å². The Hall–Kier alpha value is -3.03. The van der Waals surface area contributed by atoms with Crippen LogP contribution in [0.5, 0.6) is 0 Å². The largest absolute Gasteiger partial charge is 0.366 e. The number of carbonyl (C=O) groups excluding carboxylic acids is 2. The standard InChI is InChI=1S/C16H14F2N4O2/c17-12-2-1-10(7-13(12)18)9-21-5-6-22(16(21)24)14-8-11(15(19)23)3-4-20-14/h1-4,7-8H,5-6,9H2,(H2,19,23). The lowest BCUT2D eigenvalue weighted by molar-refractivity contribution is 0.1000. The lowest BCUT2D eigenvalue weighted by Gasteiger charge is -2.18. The molecule has 0 aliphatic carbocycles. The maximum absolute atomic E-state index is 13.3. The molecule has 0 unspecified atom stereocenters. The highest BCUT2D eigenvalue weighted by molar-refractivity contribution is 5.96. The number of pyridine rings is 1. The van der Waals surface area contributed by atoms with Gasteiger partial charge in [-0.25, -0.2) is 18.6 Å². The van der Waals surface area contributed by atoms with Gasteiger partial charge in [0.05, 0.1) is 0 Å². The van der Waals surface area contributed by atoms with Crippen molar-refractivity contribution < 1.29 is 18.4 Å². The average molecular weight is 332 g/mol. The Labute approximate surface area is 136 Å². The lowest BCUT2D eigenvalue weighted by atomic mass is 10.2. The minimum Gasteiger partial charge on any atom is -0.366 e. The zero-order chi connectivity index (χ0) is 17.3. The monoisotopic (exact) mass is 332 g/mol. The van der Waals surface area contributed by atoms with Crippen molar-refractivity contribution in [2.45, 2.75) is 6.54 Å². The van der Waals surface area contributed by atoms with E-state index in [0.29, 0.717) is 24.5 Å². The molecule has 0 radical (unpaired) electrons. The second-order valence-electron chi connectivity index (χ2n) is 5.37. The molecule has 0 saturated carbocycles. The predicted octanol–water partition coefficient (Wildman–Crippen LogP) is 1.90. The highest BCUT2D eigenvalue weighted by atomic mass is 19.2. The van der Waals surface area contributed by atoms with E-state index in [9.17, 15) is 18.4 Å². The minimum absolute atomic E-state index is 0.155. The van der Waals surface area contributed by atoms with Crippen LogP contribution >= 0.6 is 0 Å². The van der Waals surface area contributed by atoms with E-state index in [-0.39, 0.29) is 18.1 Å². The first kappa shape index (κ1) is 15.9. The summed E-state index contributed by atoms with van der Waals surface area (Å²) in [6.07, 6.45) is 1.40. The van der Waals surface area contributed by atoms with Gasteiger partial charge in [-0.1, -0.05) is 6.07 Å². The SMILES string of the molecule is NC(=O)c1ccnc(N2CCN(Cc3ccc(F)c(F)c3)C2=O)c1. The number of halogens is 2. The number of primary amides is 1. The zero-order valence-electron chi connectivity index (χ0n) is 12.6. The smallest absolute Gasteiger partial charge is 0.326 e. The van der Waals surface area contributed by atoms with E-state index in [1.165, 1.54) is 34.2 Å². The van der Waals surface area contributed by atoms with E-state index in [0.717, 1.165) is 12.1 Å². The van der Waals surface area contributed by atoms with Crippen LogP contribution in [0.2, 0.25) is 0 Å². The molecule has 24 heavy (non-hydrogen) atoms. The number of carbonyl (C=O) groups is 2. The molecule has 2 aromatic rings. The third kappa shape index (κ3) is 3.03. The number of rotatable bonds is 4. The molecule has 1 fully saturated rings. The van der Waals surface area contributed by atoms with Crippen molar-refractivity contribution in [1.29, 1.82) is 0 Å². The van der Waals surface area contributed by atoms with Crippen LogP contribution in [0.1, 0.15) is 15.9 Å². The molecule has 1 aromatic carbocycles. The van der Waals surface area contributed by atoms with Crippen LogP contribution in [-0.2, 0) is 6.54 Å². The summed E-state index contributed by atoms with van der Waals surface area (Å²) in [5, 5.41) is 0. The second-order valence-corrected chi connectivity index (χ2v) is 5.37. The summed E-state index contributed by atoms with van der Waals surface area (Å²) in [7, 11) is 0. The van der Waals surface area contributed by atoms with Crippen LogP contribution in [0.3, 0.4) is 0 Å². The lowest BCUT2D eigenvalue weighted by Crippen LogP contribution is -2.32. The van der Waals surface area contributed by atoms with Gasteiger partial charge in [0, 0.05) is 31.4 Å². The van der Waals surface area contributed by atoms with Gasteiger partial charge in [-0.3, -0.25) is 9.69 Å². The van der Waals surface area contributed by atoms with Crippen molar-refractivity contribution in [3.63, 3.8) is 0 Å². The Morgan fingerprint density at radius 1 is 1.17 bits per heavy atom. The van der Waals surface area contributed by atoms with Crippen LogP contribution in [0.25, 0.3) is 0 Å². The molecular weight excluding hydrogens is 318 g/mol. The molecule has 0 atom stereocenters. The molecule has 0 spiro atoms. The van der Waals surface area contributed by atoms with Crippen LogP contribution in [0.4, 0.5) is 19.4 Å². The third-order valence-electron chi connectivity index (χ3n) is 3.76. The van der Waals surface area contributed by atoms with E-state index in [2.05, 4.69) is 4.98 Å². The molecule has 1 aliphatic rings. The molecule has 3 amide bonds. The Morgan fingerprint density at radius 2 is 1.96 bits per heavy atom. The molecule has 2 heterocycles. The van der Waals surface area contributed by atoms with Crippen molar-refractivity contribution in [2.75, 3.05) is 18.0 Å². The topological polar surface area (TPSA) is 79.5 Å². The number of nitrogens with two attached hydrogens (primary N) is 1. The van der Waals surface area contributed by atoms with Crippen LogP contribution < -0.4 is 10.6 Å². The predicted molar refractivity (Wildman–Crippen MR) is 82.3 cm³/mol. The maximum Gasteiger partial charge on any atom is 0.326 e. The van der Waals surface area contributed by atoms with Crippen LogP contribution in [0, 0.1) is 11.6 Å². The van der Waals surface area contributed by atoms with Crippen molar-refractivity contribution in [2.24, 2.45) is 5.73 Å². The molecule has 0 bridgehead atoms. The zero-order valence-corrected chi connectivity index (χ0v) is 12.6. The fourth-order valence-corrected chi connectivity index (χ4v) is 2.52. The number of hydrogen-bond acceptors (Lipinski definition) is 3. The van der Waals surface area contributed by atoms with Crippen molar-refractivity contribution >= 4 is 17.8 Å². The molecule has 1 saturated heterocycles. The van der Waals surface area contributed by atoms with E-state index in [1.54, 1.807) is 0 Å². The van der Waals surface area contributed by atoms with E-state index >= 15 is 0 Å². The summed E-state index contributed by atoms with van der Waals surface area (Å²) in [5.41, 5.74) is 5.97. The summed E-state index contributed by atoms with van der Waals surface area (Å²) >= 11 is 0. The van der Waals surface area contributed by atoms with Gasteiger partial charge in [0.2, 0.25) is 5.91 Å². The first-order valence-corrected chi connectivity index (χ1v) is 7.22. The molecule has 1 aromatic heterocycles. The summed E-state index contributed by atoms with van der Waals surface area (Å²) < 4.78 is 26.2. The molecule has 8 heteroatoms. The van der Waals surface area contributed by atoms with Crippen LogP contribution in [-0.4, -0.2) is 34.9 Å². The Morgan fingerprint density at radius 3 is 2.67 bits per heavy atom. The summed E-state index contributed by atoms with van der Waals surface area (Å²) in [6.45, 7) is 0.931. The molecule has 124 valence electrons. The highest BCUT2D eigenvalue weighted by Crippen LogP contribution is 2.21. The van der Waals surface area contributed by atoms with Crippen molar-refractivity contribution in [1.82, 2.24) is 9.88 Å². The number of aromatic nitrogens is 1. The van der Waals surface area contributed by atoms with Gasteiger partial charge in [0.25, 0.3) is 0 Å². The summed E-state index contributed by atoms with van der Waals surface area (Å²) in [6, 6.07) is 6.11. The summed E-state index contributed by atoms with van der Waals surface area (Å²) in [5.74, 6) is -2.17. The van der Waals surface area contributed by atoms with Crippen LogP contribution in [0.15, 0.2) is 36.5 Å². The first-order chi connectivity index (χ1) is 11.5. The number of urea groups is 1. The normalized spacial score (nSPS) is 14.3. The second kappa shape index (κ2) is 6.23. The Bertz CT molecular complexity index is 812. The number of hydrogen-bond donors (Lipinski definition) is 1. The Balaban J connectivity index is 1.76. The molecular formula is C16H14F2N4O2. The minimum atomic E-state index is -0.952. The average Bonchev–Trinajstić information content (AvgIpc) is 2.92. The number of amides is 3. The molecule has 1 aliphatic heterocycles. The fourth-order valence-electron chi connectivity index (χ4n) is 2.52. The highest BCUT2D eigenvalue weighted by Gasteiger charge is 2.30. The molecule has 6 nitrogen and oxygen atoms in total. The van der Waals surface area contributed by atoms with E-state index in [4.69, 9.17) is 5.73 Å². The third-order valence-corrected chi connectivity index (χ3v) is 3.76. The Kier molecular flexibility index (Phi) is 4.11. The summed E-state index contributed by atoms with van der Waals surface area (Å²) in [4.78, 5) is 30.7. The van der Waals surface area contributed by atoms with Gasteiger partial charge in [-0.05, 0) is 29.8 Å². The molecule has 3 rings (SSSR count). The fraction of sp³-hybridized carbons (Fsp3) is 0.188. The van der Waals surface area contributed by atoms with Gasteiger partial charge in [0.1, 0.15) is 5.82 Å². The number of benzene rings is 1. The first-order valence-electron chi connectivity index (χ1n) is 7.22.